The predicted molar refractivity (Wildman–Crippen MR) is 84.5 cm³/mol. The van der Waals surface area contributed by atoms with E-state index in [0.717, 1.165) is 16.8 Å². The normalized spacial score (nSPS) is 10.4. The molecule has 104 valence electrons. The quantitative estimate of drug-likeness (QED) is 0.715. The van der Waals surface area contributed by atoms with E-state index in [0.29, 0.717) is 16.6 Å². The maximum absolute atomic E-state index is 6.06. The van der Waals surface area contributed by atoms with E-state index < -0.39 is 0 Å². The van der Waals surface area contributed by atoms with Crippen LogP contribution < -0.4 is 4.74 Å². The van der Waals surface area contributed by atoms with Crippen LogP contribution in [0.2, 0.25) is 5.02 Å². The fourth-order valence-corrected chi connectivity index (χ4v) is 2.28. The Morgan fingerprint density at radius 3 is 2.43 bits per heavy atom. The summed E-state index contributed by atoms with van der Waals surface area (Å²) in [4.78, 5) is 8.99. The number of halogens is 1. The molecule has 3 nitrogen and oxygen atoms in total. The van der Waals surface area contributed by atoms with Gasteiger partial charge >= 0.3 is 0 Å². The Labute approximate surface area is 128 Å². The van der Waals surface area contributed by atoms with Gasteiger partial charge in [0.2, 0.25) is 0 Å². The zero-order chi connectivity index (χ0) is 14.7. The van der Waals surface area contributed by atoms with E-state index in [4.69, 9.17) is 16.3 Å². The second-order valence-corrected chi connectivity index (χ2v) is 4.92. The molecule has 0 fully saturated rings. The number of methoxy groups -OCH3 is 1. The van der Waals surface area contributed by atoms with Gasteiger partial charge in [0.15, 0.2) is 11.6 Å². The van der Waals surface area contributed by atoms with Crippen LogP contribution in [-0.4, -0.2) is 17.1 Å². The third kappa shape index (κ3) is 2.88. The highest BCUT2D eigenvalue weighted by molar-refractivity contribution is 6.30. The van der Waals surface area contributed by atoms with Crippen LogP contribution in [0.1, 0.15) is 0 Å². The second-order valence-electron chi connectivity index (χ2n) is 4.49. The van der Waals surface area contributed by atoms with Gasteiger partial charge in [-0.1, -0.05) is 54.1 Å². The minimum Gasteiger partial charge on any atom is -0.493 e. The van der Waals surface area contributed by atoms with Gasteiger partial charge in [-0.3, -0.25) is 0 Å². The summed E-state index contributed by atoms with van der Waals surface area (Å²) in [5, 5.41) is 0.662. The Morgan fingerprint density at radius 2 is 1.71 bits per heavy atom. The summed E-state index contributed by atoms with van der Waals surface area (Å²) in [6.07, 6.45) is 1.69. The third-order valence-electron chi connectivity index (χ3n) is 3.11. The molecule has 1 aromatic heterocycles. The largest absolute Gasteiger partial charge is 0.493 e. The maximum atomic E-state index is 6.06. The minimum absolute atomic E-state index is 0.622. The molecule has 21 heavy (non-hydrogen) atoms. The van der Waals surface area contributed by atoms with Crippen molar-refractivity contribution in [2.24, 2.45) is 0 Å². The zero-order valence-corrected chi connectivity index (χ0v) is 12.2. The van der Waals surface area contributed by atoms with E-state index in [9.17, 15) is 0 Å². The summed E-state index contributed by atoms with van der Waals surface area (Å²) >= 11 is 6.06. The SMILES string of the molecule is COc1cnc(-c2ccccc2)nc1-c1cccc(Cl)c1. The van der Waals surface area contributed by atoms with Crippen molar-refractivity contribution in [2.75, 3.05) is 7.11 Å². The maximum Gasteiger partial charge on any atom is 0.163 e. The van der Waals surface area contributed by atoms with Crippen LogP contribution in [0.25, 0.3) is 22.6 Å². The Kier molecular flexibility index (Phi) is 3.84. The van der Waals surface area contributed by atoms with Gasteiger partial charge in [-0.2, -0.15) is 0 Å². The van der Waals surface area contributed by atoms with Gasteiger partial charge in [0.1, 0.15) is 5.69 Å². The van der Waals surface area contributed by atoms with Crippen LogP contribution in [-0.2, 0) is 0 Å². The molecule has 0 amide bonds. The topological polar surface area (TPSA) is 35.0 Å². The molecule has 2 aromatic carbocycles. The van der Waals surface area contributed by atoms with Crippen LogP contribution in [0.15, 0.2) is 60.8 Å². The number of nitrogens with zero attached hydrogens (tertiary/aromatic N) is 2. The first-order valence-electron chi connectivity index (χ1n) is 6.50. The molecule has 0 N–H and O–H groups in total. The van der Waals surface area contributed by atoms with Crippen molar-refractivity contribution in [3.8, 4) is 28.4 Å². The molecular formula is C17H13ClN2O. The molecule has 0 saturated heterocycles. The van der Waals surface area contributed by atoms with Crippen LogP contribution in [0, 0.1) is 0 Å². The molecular weight excluding hydrogens is 284 g/mol. The van der Waals surface area contributed by atoms with Crippen molar-refractivity contribution in [3.05, 3.63) is 65.8 Å². The van der Waals surface area contributed by atoms with Crippen molar-refractivity contribution >= 4 is 11.6 Å². The van der Waals surface area contributed by atoms with Crippen LogP contribution in [0.4, 0.5) is 0 Å². The van der Waals surface area contributed by atoms with Crippen molar-refractivity contribution in [3.63, 3.8) is 0 Å². The van der Waals surface area contributed by atoms with Crippen LogP contribution in [0.3, 0.4) is 0 Å². The van der Waals surface area contributed by atoms with E-state index in [1.807, 2.05) is 54.6 Å². The summed E-state index contributed by atoms with van der Waals surface area (Å²) in [6.45, 7) is 0. The summed E-state index contributed by atoms with van der Waals surface area (Å²) in [5.41, 5.74) is 2.59. The summed E-state index contributed by atoms with van der Waals surface area (Å²) in [6, 6.07) is 17.4. The Bertz CT molecular complexity index is 760. The smallest absolute Gasteiger partial charge is 0.163 e. The van der Waals surface area contributed by atoms with Gasteiger partial charge in [0, 0.05) is 16.1 Å². The minimum atomic E-state index is 0.622. The molecule has 3 rings (SSSR count). The fourth-order valence-electron chi connectivity index (χ4n) is 2.09. The average molecular weight is 297 g/mol. The number of aromatic nitrogens is 2. The van der Waals surface area contributed by atoms with Gasteiger partial charge in [-0.15, -0.1) is 0 Å². The predicted octanol–water partition coefficient (Wildman–Crippen LogP) is 4.47. The van der Waals surface area contributed by atoms with Gasteiger partial charge in [-0.05, 0) is 12.1 Å². The van der Waals surface area contributed by atoms with Gasteiger partial charge < -0.3 is 4.74 Å². The van der Waals surface area contributed by atoms with Gasteiger partial charge in [-0.25, -0.2) is 9.97 Å². The molecule has 4 heteroatoms. The van der Waals surface area contributed by atoms with E-state index >= 15 is 0 Å². The lowest BCUT2D eigenvalue weighted by atomic mass is 10.1. The van der Waals surface area contributed by atoms with Crippen LogP contribution >= 0.6 is 11.6 Å². The second kappa shape index (κ2) is 5.94. The molecule has 1 heterocycles. The highest BCUT2D eigenvalue weighted by Crippen LogP contribution is 2.30. The molecule has 0 aliphatic heterocycles. The lowest BCUT2D eigenvalue weighted by Gasteiger charge is -2.09. The number of hydrogen-bond donors (Lipinski definition) is 0. The summed E-state index contributed by atoms with van der Waals surface area (Å²) in [5.74, 6) is 1.28. The van der Waals surface area contributed by atoms with Gasteiger partial charge in [0.05, 0.1) is 13.3 Å². The molecule has 0 aliphatic carbocycles. The van der Waals surface area contributed by atoms with E-state index in [2.05, 4.69) is 9.97 Å². The van der Waals surface area contributed by atoms with Crippen molar-refractivity contribution in [1.29, 1.82) is 0 Å². The van der Waals surface area contributed by atoms with E-state index in [-0.39, 0.29) is 0 Å². The highest BCUT2D eigenvalue weighted by Gasteiger charge is 2.11. The Balaban J connectivity index is 2.14. The molecule has 0 spiro atoms. The van der Waals surface area contributed by atoms with Crippen molar-refractivity contribution in [1.82, 2.24) is 9.97 Å². The standard InChI is InChI=1S/C17H13ClN2O/c1-21-15-11-19-17(12-6-3-2-4-7-12)20-16(15)13-8-5-9-14(18)10-13/h2-11H,1H3. The molecule has 0 bridgehead atoms. The van der Waals surface area contributed by atoms with E-state index in [1.165, 1.54) is 0 Å². The lowest BCUT2D eigenvalue weighted by Crippen LogP contribution is -1.96. The molecule has 0 atom stereocenters. The number of ether oxygens (including phenoxy) is 1. The monoisotopic (exact) mass is 296 g/mol. The number of rotatable bonds is 3. The lowest BCUT2D eigenvalue weighted by molar-refractivity contribution is 0.413. The Hall–Kier alpha value is -2.39. The molecule has 0 aliphatic rings. The fraction of sp³-hybridized carbons (Fsp3) is 0.0588. The molecule has 0 saturated carbocycles. The third-order valence-corrected chi connectivity index (χ3v) is 3.34. The summed E-state index contributed by atoms with van der Waals surface area (Å²) in [7, 11) is 1.61. The van der Waals surface area contributed by atoms with Crippen LogP contribution in [0.5, 0.6) is 5.75 Å². The van der Waals surface area contributed by atoms with Crippen molar-refractivity contribution in [2.45, 2.75) is 0 Å². The number of benzene rings is 2. The van der Waals surface area contributed by atoms with Gasteiger partial charge in [0.25, 0.3) is 0 Å². The first-order chi connectivity index (χ1) is 10.3. The first kappa shape index (κ1) is 13.6. The summed E-state index contributed by atoms with van der Waals surface area (Å²) < 4.78 is 5.36. The van der Waals surface area contributed by atoms with Crippen molar-refractivity contribution < 1.29 is 4.74 Å². The first-order valence-corrected chi connectivity index (χ1v) is 6.88. The Morgan fingerprint density at radius 1 is 0.952 bits per heavy atom. The zero-order valence-electron chi connectivity index (χ0n) is 11.5. The highest BCUT2D eigenvalue weighted by atomic mass is 35.5. The molecule has 3 aromatic rings. The number of hydrogen-bond acceptors (Lipinski definition) is 3. The molecule has 0 unspecified atom stereocenters. The molecule has 0 radical (unpaired) electrons. The average Bonchev–Trinajstić information content (AvgIpc) is 2.55. The van der Waals surface area contributed by atoms with E-state index in [1.54, 1.807) is 13.3 Å².